The van der Waals surface area contributed by atoms with E-state index in [-0.39, 0.29) is 24.7 Å². The van der Waals surface area contributed by atoms with E-state index in [1.807, 2.05) is 36.6 Å². The van der Waals surface area contributed by atoms with E-state index in [0.29, 0.717) is 11.4 Å². The van der Waals surface area contributed by atoms with Gasteiger partial charge in [0.2, 0.25) is 0 Å². The first-order chi connectivity index (χ1) is 10.6. The molecule has 2 atom stereocenters. The van der Waals surface area contributed by atoms with Gasteiger partial charge in [0.1, 0.15) is 0 Å². The predicted molar refractivity (Wildman–Crippen MR) is 90.4 cm³/mol. The number of urea groups is 1. The zero-order chi connectivity index (χ0) is 15.9. The van der Waals surface area contributed by atoms with Gasteiger partial charge in [-0.3, -0.25) is 0 Å². The maximum Gasteiger partial charge on any atom is 0.315 e. The van der Waals surface area contributed by atoms with E-state index in [9.17, 15) is 9.90 Å². The minimum Gasteiger partial charge on any atom is -0.394 e. The summed E-state index contributed by atoms with van der Waals surface area (Å²) in [6.07, 6.45) is 0.675. The van der Waals surface area contributed by atoms with Crippen molar-refractivity contribution in [3.63, 3.8) is 0 Å². The molecule has 0 aliphatic rings. The van der Waals surface area contributed by atoms with Crippen LogP contribution in [0.5, 0.6) is 0 Å². The van der Waals surface area contributed by atoms with E-state index < -0.39 is 0 Å². The van der Waals surface area contributed by atoms with Crippen molar-refractivity contribution in [1.29, 1.82) is 0 Å². The quantitative estimate of drug-likeness (QED) is 0.754. The van der Waals surface area contributed by atoms with Gasteiger partial charge in [-0.25, -0.2) is 4.79 Å². The van der Waals surface area contributed by atoms with Crippen LogP contribution < -0.4 is 10.6 Å². The number of rotatable bonds is 6. The van der Waals surface area contributed by atoms with Gasteiger partial charge in [-0.2, -0.15) is 0 Å². The number of thiophene rings is 1. The first-order valence-electron chi connectivity index (χ1n) is 7.10. The molecule has 0 saturated heterocycles. The minimum absolute atomic E-state index is 0.0749. The van der Waals surface area contributed by atoms with Gasteiger partial charge in [-0.1, -0.05) is 36.7 Å². The third kappa shape index (κ3) is 4.47. The summed E-state index contributed by atoms with van der Waals surface area (Å²) >= 11 is 7.51. The summed E-state index contributed by atoms with van der Waals surface area (Å²) in [6, 6.07) is 10.6. The highest BCUT2D eigenvalue weighted by atomic mass is 35.5. The SMILES string of the molecule is CCC(CO)NC(=O)NC(c1ccc(Cl)cc1)c1cccs1. The van der Waals surface area contributed by atoms with Gasteiger partial charge in [0, 0.05) is 9.90 Å². The number of aliphatic hydroxyl groups excluding tert-OH is 1. The minimum atomic E-state index is -0.297. The topological polar surface area (TPSA) is 61.4 Å². The molecular formula is C16H19ClN2O2S. The van der Waals surface area contributed by atoms with Gasteiger partial charge in [-0.15, -0.1) is 11.3 Å². The lowest BCUT2D eigenvalue weighted by Crippen LogP contribution is -2.44. The Morgan fingerprint density at radius 1 is 1.27 bits per heavy atom. The number of carbonyl (C=O) groups excluding carboxylic acids is 1. The predicted octanol–water partition coefficient (Wildman–Crippen LogP) is 3.56. The van der Waals surface area contributed by atoms with Gasteiger partial charge < -0.3 is 15.7 Å². The van der Waals surface area contributed by atoms with E-state index in [0.717, 1.165) is 10.4 Å². The largest absolute Gasteiger partial charge is 0.394 e. The fourth-order valence-corrected chi connectivity index (χ4v) is 2.99. The van der Waals surface area contributed by atoms with E-state index in [2.05, 4.69) is 10.6 Å². The highest BCUT2D eigenvalue weighted by Gasteiger charge is 2.19. The lowest BCUT2D eigenvalue weighted by Gasteiger charge is -2.21. The molecule has 1 heterocycles. The standard InChI is InChI=1S/C16H19ClN2O2S/c1-2-13(10-20)18-16(21)19-15(14-4-3-9-22-14)11-5-7-12(17)8-6-11/h3-9,13,15,20H,2,10H2,1H3,(H2,18,19,21). The summed E-state index contributed by atoms with van der Waals surface area (Å²) in [7, 11) is 0. The molecule has 0 radical (unpaired) electrons. The van der Waals surface area contributed by atoms with Crippen molar-refractivity contribution in [2.24, 2.45) is 0 Å². The van der Waals surface area contributed by atoms with E-state index >= 15 is 0 Å². The Labute approximate surface area is 139 Å². The van der Waals surface area contributed by atoms with E-state index in [1.54, 1.807) is 23.5 Å². The monoisotopic (exact) mass is 338 g/mol. The first kappa shape index (κ1) is 16.8. The van der Waals surface area contributed by atoms with Crippen molar-refractivity contribution in [2.75, 3.05) is 6.61 Å². The molecule has 2 rings (SSSR count). The zero-order valence-electron chi connectivity index (χ0n) is 12.3. The molecule has 3 N–H and O–H groups in total. The molecule has 0 spiro atoms. The molecule has 1 aromatic heterocycles. The Hall–Kier alpha value is -1.56. The molecular weight excluding hydrogens is 320 g/mol. The third-order valence-electron chi connectivity index (χ3n) is 3.35. The number of carbonyl (C=O) groups is 1. The van der Waals surface area contributed by atoms with E-state index in [4.69, 9.17) is 11.6 Å². The molecule has 0 bridgehead atoms. The number of benzene rings is 1. The molecule has 1 aromatic carbocycles. The molecule has 0 fully saturated rings. The first-order valence-corrected chi connectivity index (χ1v) is 8.36. The average molecular weight is 339 g/mol. The Balaban J connectivity index is 2.15. The number of halogens is 1. The Morgan fingerprint density at radius 3 is 2.55 bits per heavy atom. The van der Waals surface area contributed by atoms with Crippen LogP contribution in [0.2, 0.25) is 5.02 Å². The second kappa shape index (κ2) is 8.17. The second-order valence-corrected chi connectivity index (χ2v) is 6.32. The fraction of sp³-hybridized carbons (Fsp3) is 0.312. The lowest BCUT2D eigenvalue weighted by atomic mass is 10.1. The van der Waals surface area contributed by atoms with Crippen molar-refractivity contribution in [3.8, 4) is 0 Å². The molecule has 0 aliphatic heterocycles. The molecule has 22 heavy (non-hydrogen) atoms. The third-order valence-corrected chi connectivity index (χ3v) is 4.54. The van der Waals surface area contributed by atoms with Crippen LogP contribution in [0.1, 0.15) is 29.8 Å². The second-order valence-electron chi connectivity index (χ2n) is 4.91. The molecule has 0 saturated carbocycles. The van der Waals surface area contributed by atoms with Gasteiger partial charge in [0.05, 0.1) is 18.7 Å². The van der Waals surface area contributed by atoms with Gasteiger partial charge in [0.15, 0.2) is 0 Å². The fourth-order valence-electron chi connectivity index (χ4n) is 2.06. The highest BCUT2D eigenvalue weighted by Crippen LogP contribution is 2.27. The van der Waals surface area contributed by atoms with Gasteiger partial charge in [0.25, 0.3) is 0 Å². The van der Waals surface area contributed by atoms with Gasteiger partial charge in [-0.05, 0) is 35.6 Å². The molecule has 4 nitrogen and oxygen atoms in total. The molecule has 6 heteroatoms. The summed E-state index contributed by atoms with van der Waals surface area (Å²) in [5, 5.41) is 17.5. The van der Waals surface area contributed by atoms with Crippen LogP contribution in [0, 0.1) is 0 Å². The lowest BCUT2D eigenvalue weighted by molar-refractivity contribution is 0.213. The number of amides is 2. The van der Waals surface area contributed by atoms with Crippen LogP contribution in [0.15, 0.2) is 41.8 Å². The smallest absolute Gasteiger partial charge is 0.315 e. The molecule has 118 valence electrons. The normalized spacial score (nSPS) is 13.4. The Morgan fingerprint density at radius 2 is 2.00 bits per heavy atom. The molecule has 2 amide bonds. The summed E-state index contributed by atoms with van der Waals surface area (Å²) in [5.74, 6) is 0. The van der Waals surface area contributed by atoms with Crippen LogP contribution in [-0.4, -0.2) is 23.8 Å². The molecule has 0 aliphatic carbocycles. The van der Waals surface area contributed by atoms with Gasteiger partial charge >= 0.3 is 6.03 Å². The van der Waals surface area contributed by atoms with Crippen LogP contribution in [-0.2, 0) is 0 Å². The Bertz CT molecular complexity index is 583. The number of aliphatic hydroxyl groups is 1. The summed E-state index contributed by atoms with van der Waals surface area (Å²) < 4.78 is 0. The van der Waals surface area contributed by atoms with Crippen molar-refractivity contribution in [2.45, 2.75) is 25.4 Å². The Kier molecular flexibility index (Phi) is 6.24. The number of hydrogen-bond acceptors (Lipinski definition) is 3. The van der Waals surface area contributed by atoms with Crippen LogP contribution in [0.4, 0.5) is 4.79 Å². The van der Waals surface area contributed by atoms with E-state index in [1.165, 1.54) is 0 Å². The van der Waals surface area contributed by atoms with Crippen LogP contribution in [0.25, 0.3) is 0 Å². The van der Waals surface area contributed by atoms with Crippen molar-refractivity contribution in [3.05, 3.63) is 57.2 Å². The van der Waals surface area contributed by atoms with Crippen LogP contribution >= 0.6 is 22.9 Å². The molecule has 2 unspecified atom stereocenters. The zero-order valence-corrected chi connectivity index (χ0v) is 13.8. The maximum absolute atomic E-state index is 12.2. The summed E-state index contributed by atoms with van der Waals surface area (Å²) in [6.45, 7) is 1.84. The van der Waals surface area contributed by atoms with Crippen LogP contribution in [0.3, 0.4) is 0 Å². The summed E-state index contributed by atoms with van der Waals surface area (Å²) in [4.78, 5) is 13.2. The number of nitrogens with one attached hydrogen (secondary N) is 2. The highest BCUT2D eigenvalue weighted by molar-refractivity contribution is 7.10. The number of hydrogen-bond donors (Lipinski definition) is 3. The van der Waals surface area contributed by atoms with Crippen molar-refractivity contribution >= 4 is 29.0 Å². The summed E-state index contributed by atoms with van der Waals surface area (Å²) in [5.41, 5.74) is 0.957. The molecule has 2 aromatic rings. The van der Waals surface area contributed by atoms with Crippen molar-refractivity contribution < 1.29 is 9.90 Å². The average Bonchev–Trinajstić information content (AvgIpc) is 3.05. The maximum atomic E-state index is 12.2. The van der Waals surface area contributed by atoms with Crippen molar-refractivity contribution in [1.82, 2.24) is 10.6 Å².